The summed E-state index contributed by atoms with van der Waals surface area (Å²) in [5, 5.41) is 5.15. The van der Waals surface area contributed by atoms with Crippen LogP contribution in [0.1, 0.15) is 24.2 Å². The van der Waals surface area contributed by atoms with Crippen LogP contribution in [0.3, 0.4) is 0 Å². The lowest BCUT2D eigenvalue weighted by atomic mass is 10.2. The number of benzene rings is 2. The number of nitrogens with one attached hydrogen (secondary N) is 2. The van der Waals surface area contributed by atoms with Gasteiger partial charge in [0.15, 0.2) is 0 Å². The van der Waals surface area contributed by atoms with Crippen LogP contribution >= 0.6 is 0 Å². The first-order chi connectivity index (χ1) is 13.8. The minimum Gasteiger partial charge on any atom is -0.497 e. The highest BCUT2D eigenvalue weighted by molar-refractivity contribution is 7.89. The highest BCUT2D eigenvalue weighted by Gasteiger charge is 2.21. The first-order valence-corrected chi connectivity index (χ1v) is 10.6. The number of hydrogen-bond acceptors (Lipinski definition) is 5. The maximum absolute atomic E-state index is 12.5. The Hall–Kier alpha value is -2.91. The van der Waals surface area contributed by atoms with Gasteiger partial charge in [-0.05, 0) is 42.5 Å². The molecule has 0 aliphatic rings. The molecule has 2 aromatic carbocycles. The van der Waals surface area contributed by atoms with Crippen LogP contribution in [-0.4, -0.2) is 51.3 Å². The van der Waals surface area contributed by atoms with Crippen molar-refractivity contribution in [3.63, 3.8) is 0 Å². The summed E-state index contributed by atoms with van der Waals surface area (Å²) in [6, 6.07) is 12.5. The van der Waals surface area contributed by atoms with Crippen molar-refractivity contribution >= 4 is 27.5 Å². The second-order valence-corrected chi connectivity index (χ2v) is 8.01. The molecule has 0 spiro atoms. The fourth-order valence-electron chi connectivity index (χ4n) is 2.65. The number of sulfonamides is 1. The van der Waals surface area contributed by atoms with Crippen LogP contribution in [0.5, 0.6) is 5.75 Å². The number of anilines is 1. The van der Waals surface area contributed by atoms with Gasteiger partial charge in [0.1, 0.15) is 5.75 Å². The molecule has 0 aliphatic carbocycles. The molecule has 0 heterocycles. The molecule has 0 bridgehead atoms. The molecule has 2 rings (SSSR count). The zero-order valence-electron chi connectivity index (χ0n) is 16.6. The maximum atomic E-state index is 12.5. The lowest BCUT2D eigenvalue weighted by Crippen LogP contribution is -2.33. The lowest BCUT2D eigenvalue weighted by Gasteiger charge is -2.18. The molecule has 156 valence electrons. The van der Waals surface area contributed by atoms with Gasteiger partial charge in [-0.15, -0.1) is 0 Å². The molecule has 0 saturated carbocycles. The number of carbonyl (C=O) groups excluding carboxylic acids is 2. The minimum atomic E-state index is -3.55. The predicted molar refractivity (Wildman–Crippen MR) is 111 cm³/mol. The molecule has 0 atom stereocenters. The highest BCUT2D eigenvalue weighted by atomic mass is 32.2. The molecule has 0 aliphatic heterocycles. The molecule has 29 heavy (non-hydrogen) atoms. The molecule has 9 heteroatoms. The molecule has 0 radical (unpaired) electrons. The molecular weight excluding hydrogens is 394 g/mol. The predicted octanol–water partition coefficient (Wildman–Crippen LogP) is 2.09. The second kappa shape index (κ2) is 10.0. The maximum Gasteiger partial charge on any atom is 0.251 e. The van der Waals surface area contributed by atoms with Gasteiger partial charge in [0.2, 0.25) is 15.9 Å². The topological polar surface area (TPSA) is 105 Å². The van der Waals surface area contributed by atoms with Crippen LogP contribution < -0.4 is 15.4 Å². The second-order valence-electron chi connectivity index (χ2n) is 6.08. The van der Waals surface area contributed by atoms with E-state index in [0.29, 0.717) is 30.1 Å². The van der Waals surface area contributed by atoms with E-state index >= 15 is 0 Å². The van der Waals surface area contributed by atoms with Crippen LogP contribution in [0.15, 0.2) is 53.4 Å². The van der Waals surface area contributed by atoms with Gasteiger partial charge in [-0.3, -0.25) is 9.59 Å². The lowest BCUT2D eigenvalue weighted by molar-refractivity contribution is -0.115. The summed E-state index contributed by atoms with van der Waals surface area (Å²) in [5.41, 5.74) is 0.812. The van der Waals surface area contributed by atoms with Gasteiger partial charge < -0.3 is 15.4 Å². The zero-order chi connectivity index (χ0) is 21.4. The van der Waals surface area contributed by atoms with Crippen molar-refractivity contribution in [1.29, 1.82) is 0 Å². The third-order valence-electron chi connectivity index (χ3n) is 4.22. The van der Waals surface area contributed by atoms with Crippen LogP contribution in [0.2, 0.25) is 0 Å². The molecule has 2 N–H and O–H groups in total. The summed E-state index contributed by atoms with van der Waals surface area (Å²) in [6.45, 7) is 4.08. The van der Waals surface area contributed by atoms with Crippen LogP contribution in [0.4, 0.5) is 5.69 Å². The molecule has 0 saturated heterocycles. The Morgan fingerprint density at radius 3 is 2.28 bits per heavy atom. The Kier molecular flexibility index (Phi) is 7.74. The monoisotopic (exact) mass is 419 g/mol. The standard InChI is InChI=1S/C20H25N3O5S/c1-4-23(5-2)29(26,27)18-11-9-16(10-12-18)22-19(24)14-21-20(25)15-7-6-8-17(13-15)28-3/h6-13H,4-5,14H2,1-3H3,(H,21,25)(H,22,24). The molecular formula is C20H25N3O5S. The Balaban J connectivity index is 1.94. The van der Waals surface area contributed by atoms with E-state index in [0.717, 1.165) is 0 Å². The van der Waals surface area contributed by atoms with E-state index in [4.69, 9.17) is 4.74 Å². The van der Waals surface area contributed by atoms with E-state index in [-0.39, 0.29) is 11.4 Å². The first kappa shape index (κ1) is 22.4. The molecule has 2 amide bonds. The van der Waals surface area contributed by atoms with Crippen LogP contribution in [0, 0.1) is 0 Å². The quantitative estimate of drug-likeness (QED) is 0.648. The van der Waals surface area contributed by atoms with Gasteiger partial charge in [-0.2, -0.15) is 4.31 Å². The molecule has 8 nitrogen and oxygen atoms in total. The van der Waals surface area contributed by atoms with E-state index in [9.17, 15) is 18.0 Å². The summed E-state index contributed by atoms with van der Waals surface area (Å²) in [7, 11) is -2.05. The average molecular weight is 420 g/mol. The highest BCUT2D eigenvalue weighted by Crippen LogP contribution is 2.18. The Labute approximate surface area is 170 Å². The zero-order valence-corrected chi connectivity index (χ0v) is 17.5. The number of amides is 2. The Morgan fingerprint density at radius 2 is 1.69 bits per heavy atom. The fourth-order valence-corrected chi connectivity index (χ4v) is 4.11. The van der Waals surface area contributed by atoms with Gasteiger partial charge in [0.05, 0.1) is 18.6 Å². The third-order valence-corrected chi connectivity index (χ3v) is 6.29. The number of carbonyl (C=O) groups is 2. The van der Waals surface area contributed by atoms with Crippen molar-refractivity contribution in [2.45, 2.75) is 18.7 Å². The minimum absolute atomic E-state index is 0.158. The third kappa shape index (κ3) is 5.78. The van der Waals surface area contributed by atoms with E-state index < -0.39 is 21.8 Å². The van der Waals surface area contributed by atoms with E-state index in [1.807, 2.05) is 0 Å². The number of rotatable bonds is 9. The van der Waals surface area contributed by atoms with E-state index in [2.05, 4.69) is 10.6 Å². The normalized spacial score (nSPS) is 11.2. The fraction of sp³-hybridized carbons (Fsp3) is 0.300. The van der Waals surface area contributed by atoms with E-state index in [1.54, 1.807) is 38.1 Å². The Morgan fingerprint density at radius 1 is 1.03 bits per heavy atom. The summed E-state index contributed by atoms with van der Waals surface area (Å²) < 4.78 is 31.4. The average Bonchev–Trinajstić information content (AvgIpc) is 2.73. The summed E-state index contributed by atoms with van der Waals surface area (Å²) >= 11 is 0. The number of hydrogen-bond donors (Lipinski definition) is 2. The van der Waals surface area contributed by atoms with Gasteiger partial charge in [-0.25, -0.2) is 8.42 Å². The van der Waals surface area contributed by atoms with E-state index in [1.165, 1.54) is 35.7 Å². The van der Waals surface area contributed by atoms with Gasteiger partial charge in [0, 0.05) is 24.3 Å². The van der Waals surface area contributed by atoms with Crippen LogP contribution in [-0.2, 0) is 14.8 Å². The SMILES string of the molecule is CCN(CC)S(=O)(=O)c1ccc(NC(=O)CNC(=O)c2cccc(OC)c2)cc1. The van der Waals surface area contributed by atoms with Crippen molar-refractivity contribution in [3.05, 3.63) is 54.1 Å². The molecule has 0 fully saturated rings. The molecule has 0 aromatic heterocycles. The van der Waals surface area contributed by atoms with Gasteiger partial charge in [0.25, 0.3) is 5.91 Å². The van der Waals surface area contributed by atoms with Crippen molar-refractivity contribution in [3.8, 4) is 5.75 Å². The van der Waals surface area contributed by atoms with Crippen molar-refractivity contribution in [2.24, 2.45) is 0 Å². The van der Waals surface area contributed by atoms with Gasteiger partial charge >= 0.3 is 0 Å². The number of ether oxygens (including phenoxy) is 1. The molecule has 0 unspecified atom stereocenters. The Bertz CT molecular complexity index is 954. The van der Waals surface area contributed by atoms with Crippen LogP contribution in [0.25, 0.3) is 0 Å². The largest absolute Gasteiger partial charge is 0.497 e. The summed E-state index contributed by atoms with van der Waals surface area (Å²) in [5.74, 6) is -0.290. The first-order valence-electron chi connectivity index (χ1n) is 9.14. The van der Waals surface area contributed by atoms with Crippen molar-refractivity contribution in [2.75, 3.05) is 32.1 Å². The number of nitrogens with zero attached hydrogens (tertiary/aromatic N) is 1. The summed E-state index contributed by atoms with van der Waals surface area (Å²) in [4.78, 5) is 24.4. The summed E-state index contributed by atoms with van der Waals surface area (Å²) in [6.07, 6.45) is 0. The number of methoxy groups -OCH3 is 1. The van der Waals surface area contributed by atoms with Gasteiger partial charge in [-0.1, -0.05) is 19.9 Å². The van der Waals surface area contributed by atoms with Crippen molar-refractivity contribution in [1.82, 2.24) is 9.62 Å². The molecule has 2 aromatic rings. The smallest absolute Gasteiger partial charge is 0.251 e. The van der Waals surface area contributed by atoms with Crippen molar-refractivity contribution < 1.29 is 22.7 Å².